The molecule has 11 nitrogen and oxygen atoms in total. The van der Waals surface area contributed by atoms with Crippen molar-refractivity contribution in [1.29, 1.82) is 0 Å². The van der Waals surface area contributed by atoms with Crippen LogP contribution in [0, 0.1) is 22.0 Å². The molecule has 2 fully saturated rings. The number of carboxylic acids is 1. The van der Waals surface area contributed by atoms with Crippen molar-refractivity contribution in [3.05, 3.63) is 93.5 Å². The van der Waals surface area contributed by atoms with Crippen molar-refractivity contribution in [2.45, 2.75) is 31.3 Å². The summed E-state index contributed by atoms with van der Waals surface area (Å²) in [6, 6.07) is 16.9. The molecule has 0 radical (unpaired) electrons. The Balaban J connectivity index is 1.46. The number of nitro groups is 1. The van der Waals surface area contributed by atoms with Crippen molar-refractivity contribution in [1.82, 2.24) is 5.32 Å². The van der Waals surface area contributed by atoms with Crippen molar-refractivity contribution >= 4 is 29.2 Å². The molecule has 3 heterocycles. The number of imide groups is 1. The number of benzene rings is 3. The number of nitro benzene ring substituents is 1. The number of carbonyl (C=O) groups excluding carboxylic acids is 2. The SMILES string of the molecule is CCc1ccc(N2C(=O)C3C(c4ccc5c(c4)OCCO5)NC(Cc4ccc([N+](=O)[O-])cc4)(C(=O)O)C3C2=O)cc1. The average molecular weight is 558 g/mol. The van der Waals surface area contributed by atoms with Gasteiger partial charge < -0.3 is 14.6 Å². The first-order valence-electron chi connectivity index (χ1n) is 13.3. The monoisotopic (exact) mass is 557 g/mol. The maximum absolute atomic E-state index is 14.1. The highest BCUT2D eigenvalue weighted by atomic mass is 16.6. The van der Waals surface area contributed by atoms with E-state index in [2.05, 4.69) is 5.32 Å². The minimum atomic E-state index is -1.87. The van der Waals surface area contributed by atoms with E-state index in [9.17, 15) is 29.6 Å². The molecule has 3 aromatic rings. The number of nitrogens with zero attached hydrogens (tertiary/aromatic N) is 2. The van der Waals surface area contributed by atoms with Crippen LogP contribution in [-0.2, 0) is 27.2 Å². The summed E-state index contributed by atoms with van der Waals surface area (Å²) in [6.45, 7) is 2.74. The highest BCUT2D eigenvalue weighted by Crippen LogP contribution is 2.51. The lowest BCUT2D eigenvalue weighted by Crippen LogP contribution is -2.57. The fourth-order valence-electron chi connectivity index (χ4n) is 6.17. The number of ether oxygens (including phenoxy) is 2. The van der Waals surface area contributed by atoms with E-state index in [1.807, 2.05) is 19.1 Å². The van der Waals surface area contributed by atoms with Gasteiger partial charge in [-0.2, -0.15) is 0 Å². The summed E-state index contributed by atoms with van der Waals surface area (Å²) in [5.74, 6) is -3.66. The molecule has 2 amide bonds. The lowest BCUT2D eigenvalue weighted by molar-refractivity contribution is -0.384. The number of amides is 2. The summed E-state index contributed by atoms with van der Waals surface area (Å²) < 4.78 is 11.4. The van der Waals surface area contributed by atoms with Crippen LogP contribution in [0.3, 0.4) is 0 Å². The normalized spacial score (nSPS) is 24.8. The zero-order valence-electron chi connectivity index (χ0n) is 22.1. The Kier molecular flexibility index (Phi) is 6.46. The zero-order valence-corrected chi connectivity index (χ0v) is 22.1. The van der Waals surface area contributed by atoms with E-state index in [1.165, 1.54) is 24.3 Å². The Morgan fingerprint density at radius 2 is 1.66 bits per heavy atom. The molecule has 0 aromatic heterocycles. The van der Waals surface area contributed by atoms with Crippen LogP contribution in [0.2, 0.25) is 0 Å². The van der Waals surface area contributed by atoms with Crippen LogP contribution in [0.5, 0.6) is 11.5 Å². The molecule has 0 bridgehead atoms. The van der Waals surface area contributed by atoms with Gasteiger partial charge in [0.25, 0.3) is 5.69 Å². The minimum Gasteiger partial charge on any atom is -0.486 e. The Bertz CT molecular complexity index is 1550. The summed E-state index contributed by atoms with van der Waals surface area (Å²) in [6.07, 6.45) is 0.602. The van der Waals surface area contributed by atoms with Crippen LogP contribution in [0.4, 0.5) is 11.4 Å². The Morgan fingerprint density at radius 3 is 2.29 bits per heavy atom. The standard InChI is InChI=1S/C30H27N3O8/c1-2-17-3-8-20(9-4-17)32-27(34)24-25(28(32)35)30(29(36)37,16-18-5-10-21(11-6-18)33(38)39)31-26(24)19-7-12-22-23(15-19)41-14-13-40-22/h3-12,15,24-26,31H,2,13-14,16H2,1H3,(H,36,37). The molecule has 3 aromatic carbocycles. The van der Waals surface area contributed by atoms with E-state index >= 15 is 0 Å². The van der Waals surface area contributed by atoms with Gasteiger partial charge in [0.15, 0.2) is 11.5 Å². The van der Waals surface area contributed by atoms with Crippen LogP contribution in [0.25, 0.3) is 0 Å². The van der Waals surface area contributed by atoms with Crippen molar-refractivity contribution < 1.29 is 33.9 Å². The molecule has 4 atom stereocenters. The first-order chi connectivity index (χ1) is 19.7. The van der Waals surface area contributed by atoms with Gasteiger partial charge >= 0.3 is 5.97 Å². The molecule has 4 unspecified atom stereocenters. The summed E-state index contributed by atoms with van der Waals surface area (Å²) >= 11 is 0. The second-order valence-electron chi connectivity index (χ2n) is 10.4. The predicted molar refractivity (Wildman–Crippen MR) is 146 cm³/mol. The highest BCUT2D eigenvalue weighted by Gasteiger charge is 2.68. The third kappa shape index (κ3) is 4.29. The van der Waals surface area contributed by atoms with Gasteiger partial charge in [0.1, 0.15) is 18.8 Å². The second-order valence-corrected chi connectivity index (χ2v) is 10.4. The molecule has 210 valence electrons. The lowest BCUT2D eigenvalue weighted by atomic mass is 9.76. The predicted octanol–water partition coefficient (Wildman–Crippen LogP) is 3.44. The largest absolute Gasteiger partial charge is 0.486 e. The number of hydrogen-bond donors (Lipinski definition) is 2. The first-order valence-corrected chi connectivity index (χ1v) is 13.3. The molecule has 41 heavy (non-hydrogen) atoms. The number of aryl methyl sites for hydroxylation is 1. The summed E-state index contributed by atoms with van der Waals surface area (Å²) in [4.78, 5) is 53.0. The van der Waals surface area contributed by atoms with Gasteiger partial charge in [0.2, 0.25) is 11.8 Å². The molecule has 0 saturated carbocycles. The quantitative estimate of drug-likeness (QED) is 0.253. The van der Waals surface area contributed by atoms with E-state index in [4.69, 9.17) is 9.47 Å². The van der Waals surface area contributed by atoms with E-state index < -0.39 is 46.1 Å². The van der Waals surface area contributed by atoms with E-state index in [0.717, 1.165) is 16.9 Å². The van der Waals surface area contributed by atoms with Gasteiger partial charge in [-0.1, -0.05) is 37.3 Å². The highest BCUT2D eigenvalue weighted by molar-refractivity contribution is 6.24. The molecule has 0 aliphatic carbocycles. The Morgan fingerprint density at radius 1 is 1.00 bits per heavy atom. The van der Waals surface area contributed by atoms with E-state index in [0.29, 0.717) is 41.5 Å². The molecule has 2 N–H and O–H groups in total. The summed E-state index contributed by atoms with van der Waals surface area (Å²) in [7, 11) is 0. The van der Waals surface area contributed by atoms with Crippen LogP contribution in [-0.4, -0.2) is 46.6 Å². The smallest absolute Gasteiger partial charge is 0.325 e. The topological polar surface area (TPSA) is 148 Å². The summed E-state index contributed by atoms with van der Waals surface area (Å²) in [5, 5.41) is 25.0. The Labute approximate surface area is 234 Å². The van der Waals surface area contributed by atoms with Crippen LogP contribution in [0.15, 0.2) is 66.7 Å². The van der Waals surface area contributed by atoms with Gasteiger partial charge in [-0.3, -0.25) is 29.8 Å². The van der Waals surface area contributed by atoms with Crippen molar-refractivity contribution in [2.24, 2.45) is 11.8 Å². The van der Waals surface area contributed by atoms with Gasteiger partial charge in [-0.15, -0.1) is 0 Å². The van der Waals surface area contributed by atoms with Gasteiger partial charge in [0, 0.05) is 24.6 Å². The molecule has 2 saturated heterocycles. The zero-order chi connectivity index (χ0) is 28.9. The third-order valence-electron chi connectivity index (χ3n) is 8.19. The number of carbonyl (C=O) groups is 3. The van der Waals surface area contributed by atoms with E-state index in [1.54, 1.807) is 30.3 Å². The molecule has 11 heteroatoms. The number of non-ortho nitro benzene ring substituents is 1. The van der Waals surface area contributed by atoms with Crippen LogP contribution < -0.4 is 19.7 Å². The van der Waals surface area contributed by atoms with Crippen LogP contribution >= 0.6 is 0 Å². The van der Waals surface area contributed by atoms with Gasteiger partial charge in [-0.05, 0) is 47.4 Å². The molecule has 0 spiro atoms. The first kappa shape index (κ1) is 26.5. The molecular weight excluding hydrogens is 530 g/mol. The minimum absolute atomic E-state index is 0.140. The van der Waals surface area contributed by atoms with E-state index in [-0.39, 0.29) is 12.1 Å². The van der Waals surface area contributed by atoms with Crippen molar-refractivity contribution in [2.75, 3.05) is 18.1 Å². The number of anilines is 1. The van der Waals surface area contributed by atoms with Gasteiger partial charge in [0.05, 0.1) is 22.4 Å². The maximum Gasteiger partial charge on any atom is 0.325 e. The molecule has 3 aliphatic heterocycles. The number of aliphatic carboxylic acids is 1. The molecule has 3 aliphatic rings. The Hall–Kier alpha value is -4.77. The van der Waals surface area contributed by atoms with Gasteiger partial charge in [-0.25, -0.2) is 4.90 Å². The number of hydrogen-bond acceptors (Lipinski definition) is 8. The number of carboxylic acid groups (broad SMARTS) is 1. The molecule has 6 rings (SSSR count). The molecular formula is C30H27N3O8. The number of nitrogens with one attached hydrogen (secondary N) is 1. The van der Waals surface area contributed by atoms with Crippen LogP contribution in [0.1, 0.15) is 29.7 Å². The average Bonchev–Trinajstić information content (AvgIpc) is 3.46. The second kappa shape index (κ2) is 10.0. The number of rotatable bonds is 7. The fraction of sp³-hybridized carbons (Fsp3) is 0.300. The van der Waals surface area contributed by atoms with Crippen molar-refractivity contribution in [3.8, 4) is 11.5 Å². The lowest BCUT2D eigenvalue weighted by Gasteiger charge is -2.31. The fourth-order valence-corrected chi connectivity index (χ4v) is 6.17. The third-order valence-corrected chi connectivity index (χ3v) is 8.19. The summed E-state index contributed by atoms with van der Waals surface area (Å²) in [5.41, 5.74) is 0.449. The number of fused-ring (bicyclic) bond motifs is 2. The maximum atomic E-state index is 14.1. The van der Waals surface area contributed by atoms with Crippen molar-refractivity contribution in [3.63, 3.8) is 0 Å².